The van der Waals surface area contributed by atoms with Gasteiger partial charge in [0.1, 0.15) is 11.5 Å². The molecule has 1 atom stereocenters. The average molecular weight is 235 g/mol. The molecule has 1 fully saturated rings. The van der Waals surface area contributed by atoms with Crippen LogP contribution in [0.3, 0.4) is 0 Å². The molecule has 0 bridgehead atoms. The molecule has 0 aromatic heterocycles. The van der Waals surface area contributed by atoms with Gasteiger partial charge in [-0.1, -0.05) is 26.0 Å². The Kier molecular flexibility index (Phi) is 3.15. The Morgan fingerprint density at radius 1 is 1.29 bits per heavy atom. The summed E-state index contributed by atoms with van der Waals surface area (Å²) in [5.74, 6) is 0.860. The van der Waals surface area contributed by atoms with Gasteiger partial charge in [0, 0.05) is 17.5 Å². The summed E-state index contributed by atoms with van der Waals surface area (Å²) in [5.41, 5.74) is 0.884. The van der Waals surface area contributed by atoms with Crippen molar-refractivity contribution in [2.75, 3.05) is 20.3 Å². The number of ether oxygens (including phenoxy) is 2. The molecule has 0 amide bonds. The predicted molar refractivity (Wildman–Crippen MR) is 68.1 cm³/mol. The molecule has 0 saturated carbocycles. The van der Waals surface area contributed by atoms with Crippen LogP contribution in [-0.2, 0) is 10.5 Å². The fourth-order valence-corrected chi connectivity index (χ4v) is 1.95. The first-order valence-corrected chi connectivity index (χ1v) is 5.99. The molecule has 2 rings (SSSR count). The van der Waals surface area contributed by atoms with Crippen molar-refractivity contribution in [3.05, 3.63) is 29.8 Å². The maximum absolute atomic E-state index is 6.00. The number of rotatable bonds is 2. The molecule has 1 N–H and O–H groups in total. The zero-order valence-electron chi connectivity index (χ0n) is 11.0. The van der Waals surface area contributed by atoms with Crippen LogP contribution in [0.25, 0.3) is 0 Å². The molecule has 94 valence electrons. The lowest BCUT2D eigenvalue weighted by molar-refractivity contribution is -0.131. The van der Waals surface area contributed by atoms with E-state index in [0.717, 1.165) is 24.5 Å². The average Bonchev–Trinajstić information content (AvgIpc) is 2.33. The Hall–Kier alpha value is -1.06. The number of nitrogens with one attached hydrogen (secondary N) is 1. The zero-order chi connectivity index (χ0) is 12.5. The van der Waals surface area contributed by atoms with E-state index in [0.29, 0.717) is 0 Å². The van der Waals surface area contributed by atoms with Crippen LogP contribution in [-0.4, -0.2) is 20.3 Å². The molecule has 1 aromatic carbocycles. The van der Waals surface area contributed by atoms with E-state index in [4.69, 9.17) is 9.47 Å². The van der Waals surface area contributed by atoms with Gasteiger partial charge in [-0.3, -0.25) is 5.32 Å². The van der Waals surface area contributed by atoms with Crippen LogP contribution in [0.4, 0.5) is 0 Å². The standard InChI is InChI=1S/C14H21NO2/c1-13(2)9-15-14(3,17-10-13)11-6-5-7-12(8-11)16-4/h5-8,15H,9-10H2,1-4H3. The normalized spacial score (nSPS) is 27.8. The Balaban J connectivity index is 2.21. The summed E-state index contributed by atoms with van der Waals surface area (Å²) in [6.45, 7) is 8.17. The van der Waals surface area contributed by atoms with E-state index in [2.05, 4.69) is 32.2 Å². The quantitative estimate of drug-likeness (QED) is 0.854. The third-order valence-electron chi connectivity index (χ3n) is 3.28. The first-order valence-electron chi connectivity index (χ1n) is 5.99. The zero-order valence-corrected chi connectivity index (χ0v) is 11.0. The van der Waals surface area contributed by atoms with Gasteiger partial charge in [0.25, 0.3) is 0 Å². The van der Waals surface area contributed by atoms with Crippen molar-refractivity contribution in [1.82, 2.24) is 5.32 Å². The number of benzene rings is 1. The van der Waals surface area contributed by atoms with Crippen molar-refractivity contribution in [3.63, 3.8) is 0 Å². The largest absolute Gasteiger partial charge is 0.497 e. The van der Waals surface area contributed by atoms with Crippen LogP contribution in [0.15, 0.2) is 24.3 Å². The number of hydrogen-bond acceptors (Lipinski definition) is 3. The molecule has 17 heavy (non-hydrogen) atoms. The van der Waals surface area contributed by atoms with Crippen molar-refractivity contribution >= 4 is 0 Å². The highest BCUT2D eigenvalue weighted by atomic mass is 16.5. The molecule has 1 aliphatic rings. The Bertz CT molecular complexity index is 391. The summed E-state index contributed by atoms with van der Waals surface area (Å²) in [7, 11) is 1.68. The maximum Gasteiger partial charge on any atom is 0.142 e. The van der Waals surface area contributed by atoms with Gasteiger partial charge in [-0.2, -0.15) is 0 Å². The smallest absolute Gasteiger partial charge is 0.142 e. The maximum atomic E-state index is 6.00. The van der Waals surface area contributed by atoms with Gasteiger partial charge in [0.2, 0.25) is 0 Å². The molecular formula is C14H21NO2. The van der Waals surface area contributed by atoms with Crippen LogP contribution in [0.1, 0.15) is 26.3 Å². The highest BCUT2D eigenvalue weighted by Crippen LogP contribution is 2.32. The summed E-state index contributed by atoms with van der Waals surface area (Å²) in [5, 5.41) is 3.48. The Morgan fingerprint density at radius 2 is 2.06 bits per heavy atom. The van der Waals surface area contributed by atoms with Crippen molar-refractivity contribution in [2.45, 2.75) is 26.5 Å². The Morgan fingerprint density at radius 3 is 2.65 bits per heavy atom. The first-order chi connectivity index (χ1) is 7.95. The van der Waals surface area contributed by atoms with Crippen LogP contribution in [0, 0.1) is 5.41 Å². The summed E-state index contributed by atoms with van der Waals surface area (Å²) in [4.78, 5) is 0. The molecule has 1 saturated heterocycles. The lowest BCUT2D eigenvalue weighted by atomic mass is 9.90. The lowest BCUT2D eigenvalue weighted by Crippen LogP contribution is -2.53. The second-order valence-electron chi connectivity index (χ2n) is 5.57. The highest BCUT2D eigenvalue weighted by Gasteiger charge is 2.36. The van der Waals surface area contributed by atoms with Gasteiger partial charge in [-0.25, -0.2) is 0 Å². The molecule has 0 aliphatic carbocycles. The van der Waals surface area contributed by atoms with Crippen LogP contribution < -0.4 is 10.1 Å². The molecule has 0 spiro atoms. The van der Waals surface area contributed by atoms with E-state index in [9.17, 15) is 0 Å². The van der Waals surface area contributed by atoms with Gasteiger partial charge in [0.15, 0.2) is 0 Å². The van der Waals surface area contributed by atoms with E-state index in [1.165, 1.54) is 0 Å². The second kappa shape index (κ2) is 4.31. The summed E-state index contributed by atoms with van der Waals surface area (Å²) < 4.78 is 11.2. The molecule has 3 nitrogen and oxygen atoms in total. The van der Waals surface area contributed by atoms with Crippen LogP contribution >= 0.6 is 0 Å². The number of hydrogen-bond donors (Lipinski definition) is 1. The third kappa shape index (κ3) is 2.61. The molecule has 1 aromatic rings. The topological polar surface area (TPSA) is 30.5 Å². The van der Waals surface area contributed by atoms with Gasteiger partial charge in [-0.05, 0) is 19.1 Å². The monoisotopic (exact) mass is 235 g/mol. The van der Waals surface area contributed by atoms with Crippen molar-refractivity contribution in [3.8, 4) is 5.75 Å². The third-order valence-corrected chi connectivity index (χ3v) is 3.28. The minimum Gasteiger partial charge on any atom is -0.497 e. The number of methoxy groups -OCH3 is 1. The predicted octanol–water partition coefficient (Wildman–Crippen LogP) is 2.51. The van der Waals surface area contributed by atoms with Gasteiger partial charge in [-0.15, -0.1) is 0 Å². The Labute approximate surface area is 103 Å². The minimum atomic E-state index is -0.413. The lowest BCUT2D eigenvalue weighted by Gasteiger charge is -2.42. The van der Waals surface area contributed by atoms with Crippen molar-refractivity contribution < 1.29 is 9.47 Å². The fourth-order valence-electron chi connectivity index (χ4n) is 1.95. The van der Waals surface area contributed by atoms with Crippen molar-refractivity contribution in [2.24, 2.45) is 5.41 Å². The fraction of sp³-hybridized carbons (Fsp3) is 0.571. The van der Waals surface area contributed by atoms with Crippen LogP contribution in [0.2, 0.25) is 0 Å². The molecule has 1 heterocycles. The second-order valence-corrected chi connectivity index (χ2v) is 5.57. The summed E-state index contributed by atoms with van der Waals surface area (Å²) in [6.07, 6.45) is 0. The van der Waals surface area contributed by atoms with E-state index < -0.39 is 5.72 Å². The molecular weight excluding hydrogens is 214 g/mol. The van der Waals surface area contributed by atoms with Crippen molar-refractivity contribution in [1.29, 1.82) is 0 Å². The van der Waals surface area contributed by atoms with E-state index in [1.807, 2.05) is 18.2 Å². The van der Waals surface area contributed by atoms with E-state index in [1.54, 1.807) is 7.11 Å². The molecule has 1 aliphatic heterocycles. The minimum absolute atomic E-state index is 0.193. The first kappa shape index (κ1) is 12.4. The van der Waals surface area contributed by atoms with E-state index >= 15 is 0 Å². The van der Waals surface area contributed by atoms with Gasteiger partial charge >= 0.3 is 0 Å². The SMILES string of the molecule is COc1cccc(C2(C)NCC(C)(C)CO2)c1. The van der Waals surface area contributed by atoms with Gasteiger partial charge in [0.05, 0.1) is 13.7 Å². The molecule has 1 unspecified atom stereocenters. The van der Waals surface area contributed by atoms with E-state index in [-0.39, 0.29) is 5.41 Å². The summed E-state index contributed by atoms with van der Waals surface area (Å²) >= 11 is 0. The highest BCUT2D eigenvalue weighted by molar-refractivity contribution is 5.32. The molecule has 0 radical (unpaired) electrons. The summed E-state index contributed by atoms with van der Waals surface area (Å²) in [6, 6.07) is 8.02. The molecule has 3 heteroatoms. The van der Waals surface area contributed by atoms with Gasteiger partial charge < -0.3 is 9.47 Å². The van der Waals surface area contributed by atoms with Crippen LogP contribution in [0.5, 0.6) is 5.75 Å².